The maximum atomic E-state index is 13.3. The highest BCUT2D eigenvalue weighted by atomic mass is 32.1. The molecule has 1 fully saturated rings. The fourth-order valence-electron chi connectivity index (χ4n) is 3.73. The molecule has 1 aromatic carbocycles. The van der Waals surface area contributed by atoms with Crippen molar-refractivity contribution in [2.24, 2.45) is 0 Å². The van der Waals surface area contributed by atoms with E-state index >= 15 is 0 Å². The maximum absolute atomic E-state index is 13.3. The van der Waals surface area contributed by atoms with Crippen LogP contribution >= 0.6 is 11.3 Å². The lowest BCUT2D eigenvalue weighted by atomic mass is 9.99. The number of rotatable bonds is 4. The molecule has 3 heterocycles. The number of carbonyl (C=O) groups excluding carboxylic acids is 1. The first-order valence-corrected chi connectivity index (χ1v) is 10.7. The van der Waals surface area contributed by atoms with Crippen LogP contribution in [0.1, 0.15) is 41.5 Å². The average Bonchev–Trinajstić information content (AvgIpc) is 3.28. The van der Waals surface area contributed by atoms with Crippen molar-refractivity contribution in [3.05, 3.63) is 68.9 Å². The van der Waals surface area contributed by atoms with E-state index in [9.17, 15) is 9.59 Å². The van der Waals surface area contributed by atoms with Crippen LogP contribution < -0.4 is 10.5 Å². The number of carbonyl (C=O) groups is 1. The van der Waals surface area contributed by atoms with Gasteiger partial charge in [0.2, 0.25) is 0 Å². The zero-order chi connectivity index (χ0) is 20.4. The van der Waals surface area contributed by atoms with Crippen LogP contribution in [0.5, 0.6) is 0 Å². The molecule has 29 heavy (non-hydrogen) atoms. The first kappa shape index (κ1) is 19.4. The Balaban J connectivity index is 1.69. The number of aromatic nitrogens is 2. The molecule has 1 aliphatic rings. The standard InChI is InChI=1S/C22H24N4O2S/c1-25(2)17-7-5-6-15(12-17)22(28)26-10-4-3-8-19(26)21-23-18(13-20(27)24-21)16-9-11-29-14-16/h5-7,9,11-14,19H,3-4,8,10H2,1-2H3,(H,23,24,27). The van der Waals surface area contributed by atoms with E-state index in [2.05, 4.69) is 4.98 Å². The summed E-state index contributed by atoms with van der Waals surface area (Å²) in [5, 5.41) is 3.94. The molecule has 1 N–H and O–H groups in total. The van der Waals surface area contributed by atoms with Crippen LogP contribution in [0, 0.1) is 0 Å². The van der Waals surface area contributed by atoms with Gasteiger partial charge in [-0.15, -0.1) is 0 Å². The fourth-order valence-corrected chi connectivity index (χ4v) is 4.38. The minimum absolute atomic E-state index is 0.0259. The van der Waals surface area contributed by atoms with Crippen LogP contribution in [-0.2, 0) is 0 Å². The van der Waals surface area contributed by atoms with E-state index in [0.29, 0.717) is 23.6 Å². The van der Waals surface area contributed by atoms with Crippen LogP contribution in [0.4, 0.5) is 5.69 Å². The Morgan fingerprint density at radius 1 is 1.24 bits per heavy atom. The van der Waals surface area contributed by atoms with Crippen LogP contribution in [0.2, 0.25) is 0 Å². The number of hydrogen-bond donors (Lipinski definition) is 1. The smallest absolute Gasteiger partial charge is 0.254 e. The van der Waals surface area contributed by atoms with E-state index in [-0.39, 0.29) is 17.5 Å². The van der Waals surface area contributed by atoms with Gasteiger partial charge in [-0.1, -0.05) is 6.07 Å². The number of aromatic amines is 1. The van der Waals surface area contributed by atoms with Crippen LogP contribution in [-0.4, -0.2) is 41.4 Å². The molecule has 7 heteroatoms. The number of likely N-dealkylation sites (tertiary alicyclic amines) is 1. The third kappa shape index (κ3) is 4.10. The van der Waals surface area contributed by atoms with Crippen molar-refractivity contribution >= 4 is 22.9 Å². The highest BCUT2D eigenvalue weighted by molar-refractivity contribution is 7.08. The minimum atomic E-state index is -0.231. The number of hydrogen-bond acceptors (Lipinski definition) is 5. The molecule has 6 nitrogen and oxygen atoms in total. The number of H-pyrrole nitrogens is 1. The Morgan fingerprint density at radius 2 is 2.10 bits per heavy atom. The summed E-state index contributed by atoms with van der Waals surface area (Å²) in [5.41, 5.74) is 3.02. The Hall–Kier alpha value is -2.93. The van der Waals surface area contributed by atoms with E-state index < -0.39 is 0 Å². The summed E-state index contributed by atoms with van der Waals surface area (Å²) >= 11 is 1.57. The Morgan fingerprint density at radius 3 is 2.86 bits per heavy atom. The molecule has 0 saturated carbocycles. The number of benzene rings is 1. The second-order valence-corrected chi connectivity index (χ2v) is 8.26. The lowest BCUT2D eigenvalue weighted by Gasteiger charge is -2.35. The van der Waals surface area contributed by atoms with Crippen LogP contribution in [0.25, 0.3) is 11.3 Å². The Labute approximate surface area is 173 Å². The number of nitrogens with zero attached hydrogens (tertiary/aromatic N) is 3. The molecular weight excluding hydrogens is 384 g/mol. The normalized spacial score (nSPS) is 16.6. The van der Waals surface area contributed by atoms with Crippen molar-refractivity contribution in [1.82, 2.24) is 14.9 Å². The highest BCUT2D eigenvalue weighted by Gasteiger charge is 2.31. The van der Waals surface area contributed by atoms with Gasteiger partial charge in [-0.05, 0) is 48.9 Å². The van der Waals surface area contributed by atoms with Gasteiger partial charge >= 0.3 is 0 Å². The average molecular weight is 409 g/mol. The number of anilines is 1. The summed E-state index contributed by atoms with van der Waals surface area (Å²) in [4.78, 5) is 37.1. The van der Waals surface area contributed by atoms with Gasteiger partial charge in [0.25, 0.3) is 11.5 Å². The minimum Gasteiger partial charge on any atom is -0.378 e. The van der Waals surface area contributed by atoms with Gasteiger partial charge in [-0.3, -0.25) is 9.59 Å². The van der Waals surface area contributed by atoms with Crippen molar-refractivity contribution in [3.63, 3.8) is 0 Å². The molecule has 2 aromatic heterocycles. The van der Waals surface area contributed by atoms with Gasteiger partial charge < -0.3 is 14.8 Å². The maximum Gasteiger partial charge on any atom is 0.254 e. The van der Waals surface area contributed by atoms with Crippen molar-refractivity contribution in [1.29, 1.82) is 0 Å². The molecule has 1 saturated heterocycles. The predicted molar refractivity (Wildman–Crippen MR) is 117 cm³/mol. The van der Waals surface area contributed by atoms with Crippen LogP contribution in [0.15, 0.2) is 52.0 Å². The molecule has 3 aromatic rings. The predicted octanol–water partition coefficient (Wildman–Crippen LogP) is 3.93. The van der Waals surface area contributed by atoms with Crippen molar-refractivity contribution in [3.8, 4) is 11.3 Å². The largest absolute Gasteiger partial charge is 0.378 e. The van der Waals surface area contributed by atoms with E-state index in [1.54, 1.807) is 11.3 Å². The molecule has 0 radical (unpaired) electrons. The lowest BCUT2D eigenvalue weighted by molar-refractivity contribution is 0.0599. The summed E-state index contributed by atoms with van der Waals surface area (Å²) in [5.74, 6) is 0.539. The summed E-state index contributed by atoms with van der Waals surface area (Å²) < 4.78 is 0. The van der Waals surface area contributed by atoms with E-state index in [0.717, 1.165) is 30.5 Å². The van der Waals surface area contributed by atoms with Gasteiger partial charge in [-0.25, -0.2) is 4.98 Å². The third-order valence-electron chi connectivity index (χ3n) is 5.27. The SMILES string of the molecule is CN(C)c1cccc(C(=O)N2CCCCC2c2nc(-c3ccsc3)cc(=O)[nH]2)c1. The fraction of sp³-hybridized carbons (Fsp3) is 0.318. The zero-order valence-electron chi connectivity index (χ0n) is 16.6. The zero-order valence-corrected chi connectivity index (χ0v) is 17.4. The molecule has 0 aliphatic carbocycles. The van der Waals surface area contributed by atoms with Crippen LogP contribution in [0.3, 0.4) is 0 Å². The number of amides is 1. The highest BCUT2D eigenvalue weighted by Crippen LogP contribution is 2.31. The molecule has 4 rings (SSSR count). The van der Waals surface area contributed by atoms with Crippen molar-refractivity contribution in [2.45, 2.75) is 25.3 Å². The second kappa shape index (κ2) is 8.21. The van der Waals surface area contributed by atoms with Gasteiger partial charge in [0, 0.05) is 48.9 Å². The van der Waals surface area contributed by atoms with E-state index in [1.165, 1.54) is 6.07 Å². The number of nitrogens with one attached hydrogen (secondary N) is 1. The second-order valence-electron chi connectivity index (χ2n) is 7.48. The lowest BCUT2D eigenvalue weighted by Crippen LogP contribution is -2.40. The first-order valence-electron chi connectivity index (χ1n) is 9.75. The summed E-state index contributed by atoms with van der Waals surface area (Å²) in [6.07, 6.45) is 2.73. The van der Waals surface area contributed by atoms with E-state index in [1.807, 2.05) is 65.0 Å². The molecule has 1 unspecified atom stereocenters. The van der Waals surface area contributed by atoms with Gasteiger partial charge in [-0.2, -0.15) is 11.3 Å². The molecule has 1 atom stereocenters. The molecule has 0 bridgehead atoms. The first-order chi connectivity index (χ1) is 14.0. The monoisotopic (exact) mass is 408 g/mol. The van der Waals surface area contributed by atoms with E-state index in [4.69, 9.17) is 4.98 Å². The Kier molecular flexibility index (Phi) is 5.49. The third-order valence-corrected chi connectivity index (χ3v) is 5.95. The molecule has 150 valence electrons. The quantitative estimate of drug-likeness (QED) is 0.710. The van der Waals surface area contributed by atoms with Gasteiger partial charge in [0.05, 0.1) is 11.7 Å². The molecule has 1 aliphatic heterocycles. The Bertz CT molecular complexity index is 1060. The molecule has 0 spiro atoms. The molecule has 1 amide bonds. The summed E-state index contributed by atoms with van der Waals surface area (Å²) in [6.45, 7) is 0.655. The summed E-state index contributed by atoms with van der Waals surface area (Å²) in [6, 6.07) is 10.9. The summed E-state index contributed by atoms with van der Waals surface area (Å²) in [7, 11) is 3.91. The number of piperidine rings is 1. The van der Waals surface area contributed by atoms with Crippen molar-refractivity contribution in [2.75, 3.05) is 25.5 Å². The molecular formula is C22H24N4O2S. The number of thiophene rings is 1. The topological polar surface area (TPSA) is 69.3 Å². The van der Waals surface area contributed by atoms with Gasteiger partial charge in [0.1, 0.15) is 5.82 Å². The van der Waals surface area contributed by atoms with Crippen molar-refractivity contribution < 1.29 is 4.79 Å². The van der Waals surface area contributed by atoms with Gasteiger partial charge in [0.15, 0.2) is 0 Å².